The number of primary amides is 1. The van der Waals surface area contributed by atoms with Crippen LogP contribution in [0.15, 0.2) is 12.1 Å². The minimum absolute atomic E-state index is 0.324. The lowest BCUT2D eigenvalue weighted by atomic mass is 10.2. The first-order valence-corrected chi connectivity index (χ1v) is 5.87. The summed E-state index contributed by atoms with van der Waals surface area (Å²) in [5, 5.41) is 0. The van der Waals surface area contributed by atoms with Gasteiger partial charge in [-0.3, -0.25) is 4.79 Å². The Labute approximate surface area is 101 Å². The fourth-order valence-corrected chi connectivity index (χ4v) is 2.32. The third kappa shape index (κ3) is 2.39. The predicted molar refractivity (Wildman–Crippen MR) is 66.9 cm³/mol. The predicted octanol–water partition coefficient (Wildman–Crippen LogP) is 0.416. The van der Waals surface area contributed by atoms with Crippen molar-refractivity contribution in [2.24, 2.45) is 11.5 Å². The molecule has 1 unspecified atom stereocenters. The van der Waals surface area contributed by atoms with E-state index in [-0.39, 0.29) is 0 Å². The summed E-state index contributed by atoms with van der Waals surface area (Å²) in [7, 11) is 0. The molecule has 17 heavy (non-hydrogen) atoms. The van der Waals surface area contributed by atoms with Crippen LogP contribution in [0.5, 0.6) is 0 Å². The Morgan fingerprint density at radius 2 is 2.35 bits per heavy atom. The van der Waals surface area contributed by atoms with E-state index in [2.05, 4.69) is 9.88 Å². The second-order valence-corrected chi connectivity index (χ2v) is 4.44. The first-order valence-electron chi connectivity index (χ1n) is 5.87. The number of aromatic nitrogens is 1. The summed E-state index contributed by atoms with van der Waals surface area (Å²) >= 11 is 0. The van der Waals surface area contributed by atoms with Crippen LogP contribution in [0.4, 0.5) is 5.82 Å². The Balaban J connectivity index is 2.34. The molecule has 2 rings (SSSR count). The van der Waals surface area contributed by atoms with Gasteiger partial charge in [0, 0.05) is 30.4 Å². The van der Waals surface area contributed by atoms with Crippen molar-refractivity contribution in [2.75, 3.05) is 18.0 Å². The summed E-state index contributed by atoms with van der Waals surface area (Å²) in [6, 6.07) is 3.79. The van der Waals surface area contributed by atoms with Crippen molar-refractivity contribution in [2.45, 2.75) is 25.8 Å². The molecule has 0 bridgehead atoms. The number of aryl methyl sites for hydroxylation is 1. The smallest absolute Gasteiger partial charge is 0.248 e. The molecule has 1 fully saturated rings. The van der Waals surface area contributed by atoms with Crippen molar-refractivity contribution >= 4 is 11.7 Å². The summed E-state index contributed by atoms with van der Waals surface area (Å²) in [6.45, 7) is 3.42. The topological polar surface area (TPSA) is 85.2 Å². The van der Waals surface area contributed by atoms with Gasteiger partial charge in [-0.25, -0.2) is 4.98 Å². The lowest BCUT2D eigenvalue weighted by Crippen LogP contribution is -2.36. The van der Waals surface area contributed by atoms with Gasteiger partial charge in [0.05, 0.1) is 0 Å². The minimum atomic E-state index is -0.416. The van der Waals surface area contributed by atoms with E-state index in [1.807, 2.05) is 6.92 Å². The molecule has 5 nitrogen and oxygen atoms in total. The number of anilines is 1. The molecule has 1 aliphatic rings. The standard InChI is InChI=1S/C12H18N4O/c1-8-5-9(12(14)17)6-11(15-8)16-4-2-3-10(16)7-13/h5-6,10H,2-4,7,13H2,1H3,(H2,14,17). The number of nitrogens with zero attached hydrogens (tertiary/aromatic N) is 2. The molecule has 0 radical (unpaired) electrons. The summed E-state index contributed by atoms with van der Waals surface area (Å²) in [5.74, 6) is 0.395. The zero-order valence-electron chi connectivity index (χ0n) is 10.0. The summed E-state index contributed by atoms with van der Waals surface area (Å²) in [6.07, 6.45) is 2.20. The molecule has 2 heterocycles. The maximum Gasteiger partial charge on any atom is 0.248 e. The average molecular weight is 234 g/mol. The van der Waals surface area contributed by atoms with Gasteiger partial charge in [0.25, 0.3) is 0 Å². The van der Waals surface area contributed by atoms with Crippen LogP contribution in [-0.2, 0) is 0 Å². The zero-order valence-corrected chi connectivity index (χ0v) is 10.0. The molecular weight excluding hydrogens is 216 g/mol. The number of carbonyl (C=O) groups excluding carboxylic acids is 1. The highest BCUT2D eigenvalue weighted by Crippen LogP contribution is 2.24. The monoisotopic (exact) mass is 234 g/mol. The lowest BCUT2D eigenvalue weighted by Gasteiger charge is -2.25. The van der Waals surface area contributed by atoms with Crippen LogP contribution in [-0.4, -0.2) is 30.0 Å². The maximum absolute atomic E-state index is 11.2. The van der Waals surface area contributed by atoms with Crippen molar-refractivity contribution in [1.82, 2.24) is 4.98 Å². The van der Waals surface area contributed by atoms with Gasteiger partial charge >= 0.3 is 0 Å². The van der Waals surface area contributed by atoms with Gasteiger partial charge in [0.15, 0.2) is 0 Å². The Hall–Kier alpha value is -1.62. The lowest BCUT2D eigenvalue weighted by molar-refractivity contribution is 0.1000. The number of hydrogen-bond donors (Lipinski definition) is 2. The van der Waals surface area contributed by atoms with E-state index >= 15 is 0 Å². The van der Waals surface area contributed by atoms with E-state index in [1.54, 1.807) is 12.1 Å². The van der Waals surface area contributed by atoms with Crippen molar-refractivity contribution < 1.29 is 4.79 Å². The molecule has 1 saturated heterocycles. The van der Waals surface area contributed by atoms with Crippen LogP contribution in [0.1, 0.15) is 28.9 Å². The van der Waals surface area contributed by atoms with E-state index in [1.165, 1.54) is 0 Å². The first-order chi connectivity index (χ1) is 8.11. The number of carbonyl (C=O) groups is 1. The second-order valence-electron chi connectivity index (χ2n) is 4.44. The first kappa shape index (κ1) is 11.9. The van der Waals surface area contributed by atoms with Crippen LogP contribution in [0.2, 0.25) is 0 Å². The van der Waals surface area contributed by atoms with Gasteiger partial charge in [-0.15, -0.1) is 0 Å². The van der Waals surface area contributed by atoms with Gasteiger partial charge in [-0.1, -0.05) is 0 Å². The molecule has 1 aromatic heterocycles. The minimum Gasteiger partial charge on any atom is -0.366 e. The highest BCUT2D eigenvalue weighted by Gasteiger charge is 2.24. The van der Waals surface area contributed by atoms with E-state index in [0.29, 0.717) is 18.2 Å². The molecular formula is C12H18N4O. The van der Waals surface area contributed by atoms with Gasteiger partial charge in [-0.05, 0) is 31.9 Å². The summed E-state index contributed by atoms with van der Waals surface area (Å²) in [5.41, 5.74) is 12.4. The highest BCUT2D eigenvalue weighted by atomic mass is 16.1. The highest BCUT2D eigenvalue weighted by molar-refractivity contribution is 5.93. The Morgan fingerprint density at radius 3 is 3.00 bits per heavy atom. The van der Waals surface area contributed by atoms with Gasteiger partial charge in [0.1, 0.15) is 5.82 Å². The quantitative estimate of drug-likeness (QED) is 0.793. The van der Waals surface area contributed by atoms with E-state index in [0.717, 1.165) is 30.9 Å². The number of rotatable bonds is 3. The van der Waals surface area contributed by atoms with Crippen molar-refractivity contribution in [3.8, 4) is 0 Å². The van der Waals surface area contributed by atoms with Crippen LogP contribution in [0, 0.1) is 6.92 Å². The second kappa shape index (κ2) is 4.71. The number of pyridine rings is 1. The van der Waals surface area contributed by atoms with Crippen molar-refractivity contribution in [3.63, 3.8) is 0 Å². The van der Waals surface area contributed by atoms with E-state index < -0.39 is 5.91 Å². The molecule has 5 heteroatoms. The molecule has 4 N–H and O–H groups in total. The SMILES string of the molecule is Cc1cc(C(N)=O)cc(N2CCCC2CN)n1. The number of amides is 1. The fraction of sp³-hybridized carbons (Fsp3) is 0.500. The van der Waals surface area contributed by atoms with E-state index in [4.69, 9.17) is 11.5 Å². The van der Waals surface area contributed by atoms with Crippen LogP contribution >= 0.6 is 0 Å². The molecule has 92 valence electrons. The molecule has 0 saturated carbocycles. The van der Waals surface area contributed by atoms with Crippen molar-refractivity contribution in [3.05, 3.63) is 23.4 Å². The van der Waals surface area contributed by atoms with Gasteiger partial charge in [0.2, 0.25) is 5.91 Å². The third-order valence-corrected chi connectivity index (χ3v) is 3.17. The third-order valence-electron chi connectivity index (χ3n) is 3.17. The Kier molecular flexibility index (Phi) is 3.28. The normalized spacial score (nSPS) is 19.6. The summed E-state index contributed by atoms with van der Waals surface area (Å²) < 4.78 is 0. The molecule has 0 aliphatic carbocycles. The number of nitrogens with two attached hydrogens (primary N) is 2. The van der Waals surface area contributed by atoms with Crippen LogP contribution in [0.25, 0.3) is 0 Å². The molecule has 1 atom stereocenters. The van der Waals surface area contributed by atoms with Crippen LogP contribution in [0.3, 0.4) is 0 Å². The molecule has 1 aromatic rings. The Bertz CT molecular complexity index is 433. The molecule has 1 amide bonds. The average Bonchev–Trinajstić information content (AvgIpc) is 2.76. The number of hydrogen-bond acceptors (Lipinski definition) is 4. The fourth-order valence-electron chi connectivity index (χ4n) is 2.32. The van der Waals surface area contributed by atoms with Crippen molar-refractivity contribution in [1.29, 1.82) is 0 Å². The molecule has 0 aromatic carbocycles. The Morgan fingerprint density at radius 1 is 1.59 bits per heavy atom. The van der Waals surface area contributed by atoms with Gasteiger partial charge in [-0.2, -0.15) is 0 Å². The molecule has 1 aliphatic heterocycles. The van der Waals surface area contributed by atoms with Crippen LogP contribution < -0.4 is 16.4 Å². The summed E-state index contributed by atoms with van der Waals surface area (Å²) in [4.78, 5) is 17.8. The van der Waals surface area contributed by atoms with Gasteiger partial charge < -0.3 is 16.4 Å². The maximum atomic E-state index is 11.2. The zero-order chi connectivity index (χ0) is 12.4. The largest absolute Gasteiger partial charge is 0.366 e. The van der Waals surface area contributed by atoms with E-state index in [9.17, 15) is 4.79 Å². The molecule has 0 spiro atoms.